The van der Waals surface area contributed by atoms with Crippen molar-refractivity contribution in [1.29, 1.82) is 0 Å². The maximum Gasteiger partial charge on any atom is 0.181 e. The van der Waals surface area contributed by atoms with Crippen LogP contribution < -0.4 is 0 Å². The van der Waals surface area contributed by atoms with Gasteiger partial charge in [0.25, 0.3) is 0 Å². The molecule has 0 amide bonds. The van der Waals surface area contributed by atoms with Gasteiger partial charge in [-0.05, 0) is 6.92 Å². The molecule has 15 heavy (non-hydrogen) atoms. The van der Waals surface area contributed by atoms with Crippen LogP contribution >= 0.6 is 0 Å². The Bertz CT molecular complexity index is 313. The zero-order valence-corrected chi connectivity index (χ0v) is 8.85. The molecule has 1 aromatic rings. The van der Waals surface area contributed by atoms with Gasteiger partial charge < -0.3 is 14.3 Å². The molecule has 2 rings (SSSR count). The molecule has 1 fully saturated rings. The number of hydrogen-bond donors (Lipinski definition) is 1. The number of oxazole rings is 1. The summed E-state index contributed by atoms with van der Waals surface area (Å²) in [5.74, 6) is 0.863. The monoisotopic (exact) mass is 212 g/mol. The lowest BCUT2D eigenvalue weighted by Gasteiger charge is -2.31. The Labute approximate surface area is 88.7 Å². The topological polar surface area (TPSA) is 58.7 Å². The number of nitrogens with zero attached hydrogens (tertiary/aromatic N) is 2. The van der Waals surface area contributed by atoms with Crippen LogP contribution in [0.15, 0.2) is 10.8 Å². The molecule has 5 nitrogen and oxygen atoms in total. The van der Waals surface area contributed by atoms with Crippen LogP contribution in [0.2, 0.25) is 0 Å². The lowest BCUT2D eigenvalue weighted by atomic mass is 10.2. The summed E-state index contributed by atoms with van der Waals surface area (Å²) < 4.78 is 10.5. The number of aryl methyl sites for hydroxylation is 1. The Morgan fingerprint density at radius 3 is 3.20 bits per heavy atom. The van der Waals surface area contributed by atoms with Gasteiger partial charge in [0.2, 0.25) is 0 Å². The maximum absolute atomic E-state index is 9.00. The largest absolute Gasteiger partial charge is 0.448 e. The van der Waals surface area contributed by atoms with E-state index in [1.807, 2.05) is 6.92 Å². The number of aromatic nitrogens is 1. The Balaban J connectivity index is 1.92. The van der Waals surface area contributed by atoms with Crippen LogP contribution in [0.25, 0.3) is 0 Å². The Morgan fingerprint density at radius 2 is 2.53 bits per heavy atom. The molecule has 1 aliphatic rings. The van der Waals surface area contributed by atoms with E-state index < -0.39 is 0 Å². The molecule has 2 heterocycles. The van der Waals surface area contributed by atoms with Crippen molar-refractivity contribution < 1.29 is 14.3 Å². The summed E-state index contributed by atoms with van der Waals surface area (Å²) >= 11 is 0. The Hall–Kier alpha value is -0.910. The normalized spacial score (nSPS) is 23.2. The molecular weight excluding hydrogens is 196 g/mol. The van der Waals surface area contributed by atoms with E-state index in [0.717, 1.165) is 31.1 Å². The van der Waals surface area contributed by atoms with Gasteiger partial charge in [-0.2, -0.15) is 0 Å². The zero-order valence-electron chi connectivity index (χ0n) is 8.85. The first-order valence-electron chi connectivity index (χ1n) is 5.13. The van der Waals surface area contributed by atoms with Gasteiger partial charge in [-0.15, -0.1) is 0 Å². The molecule has 0 bridgehead atoms. The molecule has 1 unspecified atom stereocenters. The van der Waals surface area contributed by atoms with Gasteiger partial charge in [0.05, 0.1) is 25.0 Å². The molecular formula is C10H16N2O3. The van der Waals surface area contributed by atoms with Crippen molar-refractivity contribution in [3.8, 4) is 0 Å². The molecule has 84 valence electrons. The van der Waals surface area contributed by atoms with E-state index in [1.54, 1.807) is 0 Å². The molecule has 1 saturated heterocycles. The SMILES string of the molecule is Cc1ocnc1CN1CCOC(CO)C1. The van der Waals surface area contributed by atoms with E-state index in [4.69, 9.17) is 14.3 Å². The van der Waals surface area contributed by atoms with Crippen molar-refractivity contribution in [2.75, 3.05) is 26.3 Å². The van der Waals surface area contributed by atoms with Gasteiger partial charge in [0, 0.05) is 19.6 Å². The second-order valence-electron chi connectivity index (χ2n) is 3.77. The number of hydrogen-bond acceptors (Lipinski definition) is 5. The summed E-state index contributed by atoms with van der Waals surface area (Å²) in [6.45, 7) is 5.05. The third-order valence-electron chi connectivity index (χ3n) is 2.64. The molecule has 1 aliphatic heterocycles. The van der Waals surface area contributed by atoms with Crippen molar-refractivity contribution in [2.24, 2.45) is 0 Å². The first kappa shape index (κ1) is 10.6. The minimum atomic E-state index is -0.0639. The van der Waals surface area contributed by atoms with Gasteiger partial charge in [0.15, 0.2) is 6.39 Å². The highest BCUT2D eigenvalue weighted by molar-refractivity contribution is 5.04. The number of rotatable bonds is 3. The molecule has 1 N–H and O–H groups in total. The third-order valence-corrected chi connectivity index (χ3v) is 2.64. The lowest BCUT2D eigenvalue weighted by molar-refractivity contribution is -0.0554. The first-order chi connectivity index (χ1) is 7.29. The van der Waals surface area contributed by atoms with Crippen LogP contribution in [0.4, 0.5) is 0 Å². The summed E-state index contributed by atoms with van der Waals surface area (Å²) in [6.07, 6.45) is 1.40. The van der Waals surface area contributed by atoms with Gasteiger partial charge in [-0.1, -0.05) is 0 Å². The minimum Gasteiger partial charge on any atom is -0.448 e. The van der Waals surface area contributed by atoms with Gasteiger partial charge in [0.1, 0.15) is 5.76 Å². The summed E-state index contributed by atoms with van der Waals surface area (Å²) in [5, 5.41) is 9.00. The molecule has 5 heteroatoms. The highest BCUT2D eigenvalue weighted by Gasteiger charge is 2.20. The second kappa shape index (κ2) is 4.74. The fraction of sp³-hybridized carbons (Fsp3) is 0.700. The van der Waals surface area contributed by atoms with Crippen LogP contribution in [0, 0.1) is 6.92 Å². The van der Waals surface area contributed by atoms with Crippen molar-refractivity contribution in [2.45, 2.75) is 19.6 Å². The number of ether oxygens (including phenoxy) is 1. The first-order valence-corrected chi connectivity index (χ1v) is 5.13. The number of morpholine rings is 1. The maximum atomic E-state index is 9.00. The summed E-state index contributed by atoms with van der Waals surface area (Å²) in [4.78, 5) is 6.37. The van der Waals surface area contributed by atoms with Gasteiger partial charge in [-0.3, -0.25) is 4.90 Å². The van der Waals surface area contributed by atoms with Crippen molar-refractivity contribution in [3.05, 3.63) is 17.8 Å². The van der Waals surface area contributed by atoms with E-state index in [9.17, 15) is 0 Å². The van der Waals surface area contributed by atoms with E-state index in [2.05, 4.69) is 9.88 Å². The predicted molar refractivity (Wildman–Crippen MR) is 53.3 cm³/mol. The summed E-state index contributed by atoms with van der Waals surface area (Å²) in [7, 11) is 0. The third kappa shape index (κ3) is 2.56. The standard InChI is InChI=1S/C10H16N2O3/c1-8-10(11-7-15-8)5-12-2-3-14-9(4-12)6-13/h7,9,13H,2-6H2,1H3. The zero-order chi connectivity index (χ0) is 10.7. The lowest BCUT2D eigenvalue weighted by Crippen LogP contribution is -2.43. The number of aliphatic hydroxyl groups is 1. The average molecular weight is 212 g/mol. The van der Waals surface area contributed by atoms with Gasteiger partial charge in [-0.25, -0.2) is 4.98 Å². The smallest absolute Gasteiger partial charge is 0.181 e. The fourth-order valence-electron chi connectivity index (χ4n) is 1.73. The van der Waals surface area contributed by atoms with Crippen LogP contribution in [0.1, 0.15) is 11.5 Å². The summed E-state index contributed by atoms with van der Waals surface area (Å²) in [6, 6.07) is 0. The summed E-state index contributed by atoms with van der Waals surface area (Å²) in [5.41, 5.74) is 0.966. The van der Waals surface area contributed by atoms with Crippen LogP contribution in [0.5, 0.6) is 0 Å². The van der Waals surface area contributed by atoms with E-state index >= 15 is 0 Å². The van der Waals surface area contributed by atoms with Crippen LogP contribution in [0.3, 0.4) is 0 Å². The second-order valence-corrected chi connectivity index (χ2v) is 3.77. The quantitative estimate of drug-likeness (QED) is 0.774. The van der Waals surface area contributed by atoms with E-state index in [-0.39, 0.29) is 12.7 Å². The van der Waals surface area contributed by atoms with E-state index in [0.29, 0.717) is 6.61 Å². The highest BCUT2D eigenvalue weighted by Crippen LogP contribution is 2.11. The Morgan fingerprint density at radius 1 is 1.67 bits per heavy atom. The minimum absolute atomic E-state index is 0.0639. The molecule has 0 aliphatic carbocycles. The Kier molecular flexibility index (Phi) is 3.35. The predicted octanol–water partition coefficient (Wildman–Crippen LogP) is 0.176. The molecule has 1 atom stereocenters. The molecule has 0 radical (unpaired) electrons. The average Bonchev–Trinajstić information content (AvgIpc) is 2.65. The molecule has 0 aromatic carbocycles. The molecule has 1 aromatic heterocycles. The van der Waals surface area contributed by atoms with Crippen LogP contribution in [-0.2, 0) is 11.3 Å². The van der Waals surface area contributed by atoms with E-state index in [1.165, 1.54) is 6.39 Å². The molecule has 0 spiro atoms. The van der Waals surface area contributed by atoms with Gasteiger partial charge >= 0.3 is 0 Å². The molecule has 0 saturated carbocycles. The van der Waals surface area contributed by atoms with Crippen molar-refractivity contribution in [3.63, 3.8) is 0 Å². The fourth-order valence-corrected chi connectivity index (χ4v) is 1.73. The highest BCUT2D eigenvalue weighted by atomic mass is 16.5. The van der Waals surface area contributed by atoms with Crippen molar-refractivity contribution in [1.82, 2.24) is 9.88 Å². The van der Waals surface area contributed by atoms with Crippen molar-refractivity contribution >= 4 is 0 Å². The van der Waals surface area contributed by atoms with Crippen LogP contribution in [-0.4, -0.2) is 47.4 Å². The number of aliphatic hydroxyl groups excluding tert-OH is 1.